The normalized spacial score (nSPS) is 10.8. The van der Waals surface area contributed by atoms with Crippen LogP contribution in [0.5, 0.6) is 0 Å². The van der Waals surface area contributed by atoms with E-state index >= 15 is 0 Å². The summed E-state index contributed by atoms with van der Waals surface area (Å²) < 4.78 is 2.53. The van der Waals surface area contributed by atoms with E-state index in [1.165, 1.54) is 0 Å². The minimum absolute atomic E-state index is 0.0210. The molecule has 0 unspecified atom stereocenters. The van der Waals surface area contributed by atoms with E-state index in [9.17, 15) is 4.79 Å². The first-order valence-corrected chi connectivity index (χ1v) is 6.61. The summed E-state index contributed by atoms with van der Waals surface area (Å²) >= 11 is 3.41. The van der Waals surface area contributed by atoms with Gasteiger partial charge < -0.3 is 0 Å². The molecular formula is C14H10BrN3O. The van der Waals surface area contributed by atoms with Crippen molar-refractivity contribution >= 4 is 27.4 Å². The predicted molar refractivity (Wildman–Crippen MR) is 75.2 cm³/mol. The Balaban J connectivity index is 1.90. The second-order valence-electron chi connectivity index (χ2n) is 4.12. The van der Waals surface area contributed by atoms with Crippen LogP contribution in [-0.2, 0) is 6.42 Å². The first kappa shape index (κ1) is 12.0. The van der Waals surface area contributed by atoms with E-state index in [2.05, 4.69) is 26.0 Å². The van der Waals surface area contributed by atoms with E-state index in [0.29, 0.717) is 11.4 Å². The lowest BCUT2D eigenvalue weighted by Gasteiger charge is -1.96. The van der Waals surface area contributed by atoms with Crippen LogP contribution in [0, 0.1) is 0 Å². The highest BCUT2D eigenvalue weighted by Gasteiger charge is 2.12. The molecule has 19 heavy (non-hydrogen) atoms. The van der Waals surface area contributed by atoms with Crippen molar-refractivity contribution in [2.24, 2.45) is 0 Å². The van der Waals surface area contributed by atoms with Crippen molar-refractivity contribution in [3.05, 3.63) is 64.5 Å². The van der Waals surface area contributed by atoms with Crippen LogP contribution in [0.15, 0.2) is 53.1 Å². The Labute approximate surface area is 118 Å². The van der Waals surface area contributed by atoms with Crippen LogP contribution in [0.1, 0.15) is 16.2 Å². The number of halogens is 1. The van der Waals surface area contributed by atoms with Crippen LogP contribution in [0.25, 0.3) is 5.65 Å². The van der Waals surface area contributed by atoms with Crippen LogP contribution in [0.2, 0.25) is 0 Å². The Morgan fingerprint density at radius 3 is 2.68 bits per heavy atom. The number of pyridine rings is 1. The van der Waals surface area contributed by atoms with Crippen molar-refractivity contribution in [1.29, 1.82) is 0 Å². The monoisotopic (exact) mass is 315 g/mol. The van der Waals surface area contributed by atoms with Gasteiger partial charge in [-0.15, -0.1) is 0 Å². The highest BCUT2D eigenvalue weighted by Crippen LogP contribution is 2.16. The molecule has 0 radical (unpaired) electrons. The summed E-state index contributed by atoms with van der Waals surface area (Å²) in [6.07, 6.45) is 2.02. The number of fused-ring (bicyclic) bond motifs is 1. The maximum Gasteiger partial charge on any atom is 0.170 e. The smallest absolute Gasteiger partial charge is 0.170 e. The number of benzene rings is 1. The Morgan fingerprint density at radius 1 is 1.16 bits per heavy atom. The molecular weight excluding hydrogens is 306 g/mol. The largest absolute Gasteiger partial charge is 0.294 e. The number of Topliss-reactive ketones (excluding diaryl/α,β-unsaturated/α-hetero) is 1. The number of hydrogen-bond acceptors (Lipinski definition) is 3. The predicted octanol–water partition coefficient (Wildman–Crippen LogP) is 2.92. The van der Waals surface area contributed by atoms with Crippen molar-refractivity contribution in [2.45, 2.75) is 6.42 Å². The fourth-order valence-corrected chi connectivity index (χ4v) is 2.29. The highest BCUT2D eigenvalue weighted by atomic mass is 79.9. The van der Waals surface area contributed by atoms with Gasteiger partial charge in [0, 0.05) is 11.8 Å². The molecule has 4 nitrogen and oxygen atoms in total. The second-order valence-corrected chi connectivity index (χ2v) is 4.97. The van der Waals surface area contributed by atoms with Gasteiger partial charge in [-0.2, -0.15) is 5.10 Å². The van der Waals surface area contributed by atoms with Gasteiger partial charge in [0.2, 0.25) is 0 Å². The lowest BCUT2D eigenvalue weighted by atomic mass is 10.1. The maximum absolute atomic E-state index is 12.1. The average Bonchev–Trinajstić information content (AvgIpc) is 2.84. The van der Waals surface area contributed by atoms with Gasteiger partial charge in [-0.25, -0.2) is 9.50 Å². The van der Waals surface area contributed by atoms with E-state index in [1.54, 1.807) is 16.6 Å². The molecule has 0 fully saturated rings. The number of hydrogen-bond donors (Lipinski definition) is 0. The van der Waals surface area contributed by atoms with Crippen molar-refractivity contribution in [3.63, 3.8) is 0 Å². The fraction of sp³-hybridized carbons (Fsp3) is 0.0714. The number of carbonyl (C=O) groups is 1. The van der Waals surface area contributed by atoms with E-state index in [0.717, 1.165) is 10.1 Å². The van der Waals surface area contributed by atoms with Crippen LogP contribution in [-0.4, -0.2) is 20.4 Å². The van der Waals surface area contributed by atoms with E-state index in [-0.39, 0.29) is 12.2 Å². The lowest BCUT2D eigenvalue weighted by molar-refractivity contribution is 0.0991. The molecule has 1 aromatic carbocycles. The summed E-state index contributed by atoms with van der Waals surface area (Å²) in [7, 11) is 0. The number of rotatable bonds is 3. The molecule has 3 aromatic rings. The summed E-state index contributed by atoms with van der Waals surface area (Å²) in [5, 5.41) is 4.29. The number of ketones is 1. The zero-order chi connectivity index (χ0) is 13.2. The molecule has 0 N–H and O–H groups in total. The minimum atomic E-state index is 0.0210. The molecule has 0 saturated carbocycles. The number of aromatic nitrogens is 3. The van der Waals surface area contributed by atoms with Crippen molar-refractivity contribution in [3.8, 4) is 0 Å². The minimum Gasteiger partial charge on any atom is -0.294 e. The summed E-state index contributed by atoms with van der Waals surface area (Å²) in [5.41, 5.74) is 1.40. The highest BCUT2D eigenvalue weighted by molar-refractivity contribution is 9.10. The van der Waals surface area contributed by atoms with Crippen LogP contribution < -0.4 is 0 Å². The molecule has 94 valence electrons. The molecule has 3 rings (SSSR count). The third kappa shape index (κ3) is 2.42. The number of carbonyl (C=O) groups excluding carboxylic acids is 1. The van der Waals surface area contributed by atoms with Gasteiger partial charge in [-0.05, 0) is 28.1 Å². The molecule has 5 heteroatoms. The molecule has 2 heterocycles. The third-order valence-electron chi connectivity index (χ3n) is 2.77. The first-order valence-electron chi connectivity index (χ1n) is 5.82. The SMILES string of the molecule is O=C(Cc1nc2c(Br)cccn2n1)c1ccccc1. The zero-order valence-corrected chi connectivity index (χ0v) is 11.5. The van der Waals surface area contributed by atoms with E-state index in [4.69, 9.17) is 0 Å². The standard InChI is InChI=1S/C14H10BrN3O/c15-11-7-4-8-18-14(11)16-13(17-18)9-12(19)10-5-2-1-3-6-10/h1-8H,9H2. The Hall–Kier alpha value is -2.01. The quantitative estimate of drug-likeness (QED) is 0.698. The third-order valence-corrected chi connectivity index (χ3v) is 3.39. The molecule has 0 amide bonds. The fourth-order valence-electron chi connectivity index (χ4n) is 1.86. The molecule has 0 saturated heterocycles. The summed E-state index contributed by atoms with van der Waals surface area (Å²) in [5.74, 6) is 0.549. The second kappa shape index (κ2) is 4.93. The van der Waals surface area contributed by atoms with Gasteiger partial charge in [-0.1, -0.05) is 30.3 Å². The Morgan fingerprint density at radius 2 is 1.95 bits per heavy atom. The molecule has 2 aromatic heterocycles. The van der Waals surface area contributed by atoms with Crippen LogP contribution in [0.3, 0.4) is 0 Å². The molecule has 0 aliphatic carbocycles. The number of nitrogens with zero attached hydrogens (tertiary/aromatic N) is 3. The lowest BCUT2D eigenvalue weighted by Crippen LogP contribution is -2.04. The molecule has 0 spiro atoms. The van der Waals surface area contributed by atoms with E-state index < -0.39 is 0 Å². The summed E-state index contributed by atoms with van der Waals surface area (Å²) in [6, 6.07) is 12.9. The molecule has 0 atom stereocenters. The topological polar surface area (TPSA) is 47.3 Å². The van der Waals surface area contributed by atoms with Gasteiger partial charge in [-0.3, -0.25) is 4.79 Å². The first-order chi connectivity index (χ1) is 9.24. The average molecular weight is 316 g/mol. The van der Waals surface area contributed by atoms with Gasteiger partial charge in [0.05, 0.1) is 10.9 Å². The van der Waals surface area contributed by atoms with Gasteiger partial charge >= 0.3 is 0 Å². The van der Waals surface area contributed by atoms with Crippen molar-refractivity contribution < 1.29 is 4.79 Å². The van der Waals surface area contributed by atoms with Gasteiger partial charge in [0.25, 0.3) is 0 Å². The van der Waals surface area contributed by atoms with Crippen LogP contribution >= 0.6 is 15.9 Å². The van der Waals surface area contributed by atoms with Crippen molar-refractivity contribution in [1.82, 2.24) is 14.6 Å². The van der Waals surface area contributed by atoms with Gasteiger partial charge in [0.1, 0.15) is 0 Å². The Kier molecular flexibility index (Phi) is 3.13. The molecule has 0 aliphatic heterocycles. The van der Waals surface area contributed by atoms with Crippen molar-refractivity contribution in [2.75, 3.05) is 0 Å². The molecule has 0 aliphatic rings. The zero-order valence-electron chi connectivity index (χ0n) is 9.95. The summed E-state index contributed by atoms with van der Waals surface area (Å²) in [4.78, 5) is 16.4. The Bertz CT molecular complexity index is 737. The van der Waals surface area contributed by atoms with E-state index in [1.807, 2.05) is 36.5 Å². The molecule has 0 bridgehead atoms. The maximum atomic E-state index is 12.1. The van der Waals surface area contributed by atoms with Gasteiger partial charge in [0.15, 0.2) is 17.3 Å². The van der Waals surface area contributed by atoms with Crippen LogP contribution in [0.4, 0.5) is 0 Å². The summed E-state index contributed by atoms with van der Waals surface area (Å²) in [6.45, 7) is 0.